The van der Waals surface area contributed by atoms with Crippen molar-refractivity contribution in [1.82, 2.24) is 4.90 Å². The topological polar surface area (TPSA) is 124 Å². The van der Waals surface area contributed by atoms with E-state index in [2.05, 4.69) is 11.2 Å². The molecule has 1 aromatic carbocycles. The van der Waals surface area contributed by atoms with E-state index < -0.39 is 12.0 Å². The van der Waals surface area contributed by atoms with Gasteiger partial charge in [0.25, 0.3) is 0 Å². The first kappa shape index (κ1) is 31.2. The summed E-state index contributed by atoms with van der Waals surface area (Å²) in [6, 6.07) is 8.96. The van der Waals surface area contributed by atoms with Crippen molar-refractivity contribution in [2.75, 3.05) is 14.1 Å². The molecule has 7 nitrogen and oxygen atoms in total. The molecule has 182 valence electrons. The second-order valence-corrected chi connectivity index (χ2v) is 7.84. The Kier molecular flexibility index (Phi) is 13.9. The number of hydrogen-bond donors (Lipinski definition) is 3. The average Bonchev–Trinajstić information content (AvgIpc) is 3.48. The number of aldehydes is 1. The molecule has 34 heavy (non-hydrogen) atoms. The Balaban J connectivity index is 0.00000265. The Hall–Kier alpha value is -2.83. The maximum atomic E-state index is 12.2. The number of benzene rings is 1. The van der Waals surface area contributed by atoms with Crippen molar-refractivity contribution < 1.29 is 30.3 Å². The number of nitrogens with two attached hydrogens (primary N) is 3. The SMILES string of the molecule is CC.CN(C)C(N)=NC(c1cc(/C(N)=C/C=[C-]N)cs1)C(C=O)c1ccc2occc2c1.[CH3-].[W+2]. The van der Waals surface area contributed by atoms with Gasteiger partial charge in [0.15, 0.2) is 5.96 Å². The molecule has 2 aromatic heterocycles. The molecule has 0 radical (unpaired) electrons. The van der Waals surface area contributed by atoms with Crippen LogP contribution in [0.15, 0.2) is 63.5 Å². The van der Waals surface area contributed by atoms with E-state index >= 15 is 0 Å². The van der Waals surface area contributed by atoms with Gasteiger partial charge in [0.1, 0.15) is 17.9 Å². The summed E-state index contributed by atoms with van der Waals surface area (Å²) in [6.45, 7) is 4.00. The number of guanidine groups is 1. The number of thiophene rings is 1. The van der Waals surface area contributed by atoms with Crippen LogP contribution >= 0.6 is 11.3 Å². The summed E-state index contributed by atoms with van der Waals surface area (Å²) in [5.74, 6) is -0.202. The summed E-state index contributed by atoms with van der Waals surface area (Å²) in [4.78, 5) is 19.5. The van der Waals surface area contributed by atoms with E-state index in [1.807, 2.05) is 49.6 Å². The molecule has 0 aliphatic carbocycles. The van der Waals surface area contributed by atoms with Crippen LogP contribution in [0, 0.1) is 13.6 Å². The molecule has 0 spiro atoms. The van der Waals surface area contributed by atoms with Gasteiger partial charge in [0, 0.05) is 24.4 Å². The fourth-order valence-corrected chi connectivity index (χ4v) is 4.00. The predicted octanol–water partition coefficient (Wildman–Crippen LogP) is 4.44. The predicted molar refractivity (Wildman–Crippen MR) is 139 cm³/mol. The third-order valence-corrected chi connectivity index (χ3v) is 5.68. The number of furan rings is 1. The minimum absolute atomic E-state index is 0. The normalized spacial score (nSPS) is 13.3. The molecule has 0 fully saturated rings. The number of allylic oxidation sites excluding steroid dienone is 2. The first-order chi connectivity index (χ1) is 15.4. The monoisotopic (exact) mass is 651 g/mol. The van der Waals surface area contributed by atoms with Crippen LogP contribution in [0.25, 0.3) is 16.7 Å². The van der Waals surface area contributed by atoms with Crippen molar-refractivity contribution in [3.8, 4) is 0 Å². The van der Waals surface area contributed by atoms with Crippen molar-refractivity contribution in [2.45, 2.75) is 25.8 Å². The van der Waals surface area contributed by atoms with Crippen LogP contribution in [0.4, 0.5) is 0 Å². The van der Waals surface area contributed by atoms with Crippen LogP contribution in [-0.2, 0) is 25.9 Å². The number of nitrogens with zero attached hydrogens (tertiary/aromatic N) is 2. The minimum atomic E-state index is -0.531. The second-order valence-electron chi connectivity index (χ2n) is 6.90. The summed E-state index contributed by atoms with van der Waals surface area (Å²) in [5.41, 5.74) is 20.4. The molecule has 0 bridgehead atoms. The van der Waals surface area contributed by atoms with Crippen LogP contribution in [-0.4, -0.2) is 31.2 Å². The smallest absolute Gasteiger partial charge is 0.490 e. The molecule has 2 unspecified atom stereocenters. The number of hydrogen-bond acceptors (Lipinski definition) is 6. The van der Waals surface area contributed by atoms with Gasteiger partial charge >= 0.3 is 21.1 Å². The van der Waals surface area contributed by atoms with Crippen molar-refractivity contribution >= 4 is 40.2 Å². The van der Waals surface area contributed by atoms with Gasteiger partial charge in [0.2, 0.25) is 0 Å². The maximum absolute atomic E-state index is 12.2. The van der Waals surface area contributed by atoms with Crippen molar-refractivity contribution in [3.05, 3.63) is 83.8 Å². The number of rotatable bonds is 7. The first-order valence-corrected chi connectivity index (χ1v) is 11.1. The van der Waals surface area contributed by atoms with Crippen LogP contribution in [0.2, 0.25) is 0 Å². The molecule has 2 heterocycles. The molecule has 9 heteroatoms. The van der Waals surface area contributed by atoms with Gasteiger partial charge in [-0.15, -0.1) is 11.3 Å². The van der Waals surface area contributed by atoms with Crippen molar-refractivity contribution in [1.29, 1.82) is 0 Å². The fraction of sp³-hybridized carbons (Fsp3) is 0.240. The Bertz CT molecular complexity index is 1120. The van der Waals surface area contributed by atoms with Gasteiger partial charge in [0.05, 0.1) is 12.2 Å². The quantitative estimate of drug-likeness (QED) is 0.0867. The summed E-state index contributed by atoms with van der Waals surface area (Å²) in [6.07, 6.45) is 8.16. The van der Waals surface area contributed by atoms with Gasteiger partial charge in [-0.3, -0.25) is 0 Å². The van der Waals surface area contributed by atoms with Crippen LogP contribution in [0.3, 0.4) is 0 Å². The third-order valence-electron chi connectivity index (χ3n) is 4.68. The summed E-state index contributed by atoms with van der Waals surface area (Å²) in [5, 5.41) is 2.84. The van der Waals surface area contributed by atoms with Gasteiger partial charge in [-0.05, 0) is 46.5 Å². The van der Waals surface area contributed by atoms with Gasteiger partial charge in [-0.25, -0.2) is 11.1 Å². The summed E-state index contributed by atoms with van der Waals surface area (Å²) >= 11 is 1.47. The third kappa shape index (κ3) is 7.60. The number of carbonyl (C=O) groups is 1. The molecule has 0 aliphatic heterocycles. The van der Waals surface area contributed by atoms with E-state index in [1.165, 1.54) is 11.3 Å². The molecule has 0 saturated carbocycles. The number of fused-ring (bicyclic) bond motifs is 1. The van der Waals surface area contributed by atoms with E-state index in [0.29, 0.717) is 11.7 Å². The molecule has 0 saturated heterocycles. The Morgan fingerprint density at radius 2 is 1.91 bits per heavy atom. The minimum Gasteiger partial charge on any atom is -0.490 e. The molecule has 3 rings (SSSR count). The summed E-state index contributed by atoms with van der Waals surface area (Å²) in [7, 11) is 3.61. The molecule has 0 amide bonds. The van der Waals surface area contributed by atoms with E-state index in [1.54, 1.807) is 37.4 Å². The average molecular weight is 651 g/mol. The summed E-state index contributed by atoms with van der Waals surface area (Å²) < 4.78 is 5.41. The molecule has 6 N–H and O–H groups in total. The van der Waals surface area contributed by atoms with Crippen molar-refractivity contribution in [2.24, 2.45) is 22.2 Å². The molecular formula is C25H33N5O2SW. The fourth-order valence-electron chi connectivity index (χ4n) is 3.00. The Morgan fingerprint density at radius 1 is 1.21 bits per heavy atom. The van der Waals surface area contributed by atoms with Crippen LogP contribution < -0.4 is 17.2 Å². The largest absolute Gasteiger partial charge is 2.00 e. The van der Waals surface area contributed by atoms with Gasteiger partial charge in [-0.1, -0.05) is 19.9 Å². The van der Waals surface area contributed by atoms with E-state index in [9.17, 15) is 4.79 Å². The zero-order chi connectivity index (χ0) is 23.7. The second kappa shape index (κ2) is 15.1. The maximum Gasteiger partial charge on any atom is 2.00 e. The van der Waals surface area contributed by atoms with Gasteiger partial charge < -0.3 is 38.7 Å². The Labute approximate surface area is 220 Å². The van der Waals surface area contributed by atoms with Crippen LogP contribution in [0.1, 0.15) is 41.8 Å². The Morgan fingerprint density at radius 3 is 2.53 bits per heavy atom. The molecule has 3 aromatic rings. The number of carbonyl (C=O) groups excluding carboxylic acids is 1. The number of aliphatic imine (C=N–C) groups is 1. The van der Waals surface area contributed by atoms with Gasteiger partial charge in [-0.2, -0.15) is 12.3 Å². The standard InChI is InChI=1S/C22H24N5O2S.C2H6.CH3.W/c1-27(2)22(25)26-21(20-11-16(13-30-20)18(24)4-3-8-23)17(12-28)14-5-6-19-15(10-14)7-9-29-19;1-2;;/h3-7,9-13,17,21H,23-24H2,1-2H3,(H2,25,26);1-2H3;1H3;/q-1;;-1;+2/b18-4-;;;. The first-order valence-electron chi connectivity index (χ1n) is 10.2. The van der Waals surface area contributed by atoms with E-state index in [-0.39, 0.29) is 28.5 Å². The van der Waals surface area contributed by atoms with E-state index in [4.69, 9.17) is 21.6 Å². The molecule has 0 aliphatic rings. The van der Waals surface area contributed by atoms with E-state index in [0.717, 1.165) is 33.3 Å². The van der Waals surface area contributed by atoms with Crippen LogP contribution in [0.5, 0.6) is 0 Å². The van der Waals surface area contributed by atoms with Crippen molar-refractivity contribution in [3.63, 3.8) is 0 Å². The zero-order valence-corrected chi connectivity index (χ0v) is 23.9. The molecular weight excluding hydrogens is 618 g/mol. The zero-order valence-electron chi connectivity index (χ0n) is 20.2. The molecule has 2 atom stereocenters.